The van der Waals surface area contributed by atoms with Crippen LogP contribution in [0.3, 0.4) is 0 Å². The van der Waals surface area contributed by atoms with Crippen LogP contribution in [0.4, 0.5) is 4.79 Å². The van der Waals surface area contributed by atoms with Crippen LogP contribution in [0.5, 0.6) is 0 Å². The monoisotopic (exact) mass is 551 g/mol. The summed E-state index contributed by atoms with van der Waals surface area (Å²) in [5, 5.41) is 30.1. The topological polar surface area (TPSA) is 301 Å². The number of amides is 3. The van der Waals surface area contributed by atoms with Crippen LogP contribution in [0.25, 0.3) is 0 Å². The molecule has 3 aliphatic heterocycles. The van der Waals surface area contributed by atoms with Gasteiger partial charge in [-0.05, 0) is 0 Å². The SMILES string of the molecule is C[N+]1=C2C(=O)NC(=N)N=C2N([C@@H]2O[C@H](COP(=O)([O-])OP(=O)(O)OP(=O)(O)O)[C@@H](O)[C@H]2O)C1=O. The molecule has 0 spiro atoms. The van der Waals surface area contributed by atoms with E-state index in [0.717, 1.165) is 4.58 Å². The van der Waals surface area contributed by atoms with Crippen LogP contribution >= 0.6 is 23.5 Å². The minimum absolute atomic E-state index is 0.299. The van der Waals surface area contributed by atoms with Gasteiger partial charge in [0.2, 0.25) is 12.2 Å². The third-order valence-corrected chi connectivity index (χ3v) is 8.10. The van der Waals surface area contributed by atoms with Crippen molar-refractivity contribution in [1.29, 1.82) is 5.41 Å². The number of hydrogen-bond donors (Lipinski definition) is 7. The van der Waals surface area contributed by atoms with Crippen molar-refractivity contribution in [2.75, 3.05) is 13.7 Å². The lowest BCUT2D eigenvalue weighted by atomic mass is 10.1. The number of ether oxygens (including phenoxy) is 1. The summed E-state index contributed by atoms with van der Waals surface area (Å²) < 4.78 is 50.9. The summed E-state index contributed by atoms with van der Waals surface area (Å²) in [5.74, 6) is -1.90. The molecule has 0 aromatic carbocycles. The maximum Gasteiger partial charge on any atom is 0.502 e. The van der Waals surface area contributed by atoms with Crippen molar-refractivity contribution in [2.45, 2.75) is 24.5 Å². The van der Waals surface area contributed by atoms with E-state index in [2.05, 4.69) is 23.5 Å². The average molecular weight is 551 g/mol. The Bertz CT molecular complexity index is 1150. The fourth-order valence-electron chi connectivity index (χ4n) is 3.05. The van der Waals surface area contributed by atoms with Crippen LogP contribution in [0.1, 0.15) is 0 Å². The Hall–Kier alpha value is -1.76. The molecule has 1 saturated heterocycles. The van der Waals surface area contributed by atoms with Crippen LogP contribution < -0.4 is 10.2 Å². The van der Waals surface area contributed by atoms with Crippen molar-refractivity contribution in [3.8, 4) is 0 Å². The Morgan fingerprint density at radius 3 is 2.41 bits per heavy atom. The molecule has 6 atom stereocenters. The molecule has 3 heterocycles. The molecule has 20 nitrogen and oxygen atoms in total. The molecule has 0 saturated carbocycles. The van der Waals surface area contributed by atoms with Crippen LogP contribution in [-0.2, 0) is 36.4 Å². The van der Waals surface area contributed by atoms with Gasteiger partial charge in [-0.2, -0.15) is 18.7 Å². The van der Waals surface area contributed by atoms with Crippen molar-refractivity contribution >= 4 is 52.9 Å². The Labute approximate surface area is 188 Å². The molecule has 7 N–H and O–H groups in total. The van der Waals surface area contributed by atoms with Crippen molar-refractivity contribution < 1.29 is 75.5 Å². The number of phosphoric acid groups is 3. The first-order valence-electron chi connectivity index (χ1n) is 8.63. The molecule has 0 aromatic rings. The first kappa shape index (κ1) is 26.8. The van der Waals surface area contributed by atoms with Crippen LogP contribution in [0.15, 0.2) is 4.99 Å². The molecule has 3 aliphatic rings. The van der Waals surface area contributed by atoms with E-state index in [4.69, 9.17) is 24.8 Å². The summed E-state index contributed by atoms with van der Waals surface area (Å²) in [5.41, 5.74) is -0.299. The van der Waals surface area contributed by atoms with Crippen LogP contribution in [0.2, 0.25) is 0 Å². The Balaban J connectivity index is 1.72. The predicted molar refractivity (Wildman–Crippen MR) is 100 cm³/mol. The molecule has 3 rings (SSSR count). The molecule has 23 heteroatoms. The fourth-order valence-corrected chi connectivity index (χ4v) is 6.04. The summed E-state index contributed by atoms with van der Waals surface area (Å²) >= 11 is 0. The van der Waals surface area contributed by atoms with Gasteiger partial charge in [-0.3, -0.25) is 20.1 Å². The second kappa shape index (κ2) is 9.03. The first-order chi connectivity index (χ1) is 15.4. The highest BCUT2D eigenvalue weighted by Gasteiger charge is 2.59. The molecular weight excluding hydrogens is 535 g/mol. The van der Waals surface area contributed by atoms with E-state index >= 15 is 0 Å². The molecule has 0 bridgehead atoms. The van der Waals surface area contributed by atoms with Crippen LogP contribution in [-0.4, -0.2) is 102 Å². The van der Waals surface area contributed by atoms with Gasteiger partial charge in [0.1, 0.15) is 18.3 Å². The number of carbonyl (C=O) groups is 2. The summed E-state index contributed by atoms with van der Waals surface area (Å²) in [4.78, 5) is 66.8. The van der Waals surface area contributed by atoms with Gasteiger partial charge in [-0.1, -0.05) is 0 Å². The molecular formula is C11H16N5O15P3. The number of guanidine groups is 1. The minimum atomic E-state index is -5.85. The van der Waals surface area contributed by atoms with Gasteiger partial charge >= 0.3 is 27.6 Å². The number of nitrogens with zero attached hydrogens (tertiary/aromatic N) is 3. The molecule has 0 aromatic heterocycles. The maximum absolute atomic E-state index is 12.6. The van der Waals surface area contributed by atoms with E-state index in [1.165, 1.54) is 7.05 Å². The van der Waals surface area contributed by atoms with E-state index in [0.29, 0.717) is 4.90 Å². The fraction of sp³-hybridized carbons (Fsp3) is 0.545. The number of aliphatic hydroxyl groups is 2. The number of phosphoric ester groups is 1. The second-order valence-corrected chi connectivity index (χ2v) is 11.1. The number of aliphatic hydroxyl groups excluding tert-OH is 2. The molecule has 34 heavy (non-hydrogen) atoms. The van der Waals surface area contributed by atoms with E-state index in [-0.39, 0.29) is 5.71 Å². The van der Waals surface area contributed by atoms with Gasteiger partial charge in [0, 0.05) is 0 Å². The van der Waals surface area contributed by atoms with Crippen molar-refractivity contribution in [3.05, 3.63) is 0 Å². The first-order valence-corrected chi connectivity index (χ1v) is 13.1. The molecule has 0 radical (unpaired) electrons. The van der Waals surface area contributed by atoms with Crippen LogP contribution in [0, 0.1) is 5.41 Å². The van der Waals surface area contributed by atoms with Gasteiger partial charge in [-0.15, -0.1) is 4.90 Å². The number of fused-ring (bicyclic) bond motifs is 1. The number of carbonyl (C=O) groups excluding carboxylic acids is 2. The lowest BCUT2D eigenvalue weighted by molar-refractivity contribution is -0.394. The third-order valence-electron chi connectivity index (χ3n) is 4.33. The number of nitrogens with one attached hydrogen (secondary N) is 2. The highest BCUT2D eigenvalue weighted by molar-refractivity contribution is 7.66. The number of aliphatic imine (C=N–C) groups is 1. The third kappa shape index (κ3) is 5.55. The maximum atomic E-state index is 12.6. The minimum Gasteiger partial charge on any atom is -0.756 e. The number of rotatable bonds is 8. The van der Waals surface area contributed by atoms with Gasteiger partial charge < -0.3 is 39.0 Å². The zero-order valence-corrected chi connectivity index (χ0v) is 19.2. The van der Waals surface area contributed by atoms with E-state index in [9.17, 15) is 38.4 Å². The quantitative estimate of drug-likeness (QED) is 0.112. The number of hydrogen-bond acceptors (Lipinski definition) is 13. The van der Waals surface area contributed by atoms with Crippen molar-refractivity contribution in [3.63, 3.8) is 0 Å². The Morgan fingerprint density at radius 1 is 1.21 bits per heavy atom. The number of amidine groups is 1. The van der Waals surface area contributed by atoms with E-state index in [1.807, 2.05) is 0 Å². The highest BCUT2D eigenvalue weighted by atomic mass is 31.3. The van der Waals surface area contributed by atoms with Gasteiger partial charge in [0.05, 0.1) is 13.7 Å². The smallest absolute Gasteiger partial charge is 0.502 e. The zero-order chi connectivity index (χ0) is 25.8. The molecule has 1 fully saturated rings. The summed E-state index contributed by atoms with van der Waals surface area (Å²) in [6.07, 6.45) is -7.30. The highest BCUT2D eigenvalue weighted by Crippen LogP contribution is 2.65. The zero-order valence-electron chi connectivity index (χ0n) is 16.5. The van der Waals surface area contributed by atoms with E-state index < -0.39 is 78.3 Å². The van der Waals surface area contributed by atoms with Gasteiger partial charge in [0.25, 0.3) is 19.4 Å². The van der Waals surface area contributed by atoms with Gasteiger partial charge in [-0.25, -0.2) is 13.4 Å². The molecule has 190 valence electrons. The Morgan fingerprint density at radius 2 is 1.82 bits per heavy atom. The van der Waals surface area contributed by atoms with Gasteiger partial charge in [0.15, 0.2) is 0 Å². The molecule has 3 amide bonds. The molecule has 2 unspecified atom stereocenters. The van der Waals surface area contributed by atoms with Crippen molar-refractivity contribution in [2.24, 2.45) is 4.99 Å². The predicted octanol–water partition coefficient (Wildman–Crippen LogP) is -3.87. The summed E-state index contributed by atoms with van der Waals surface area (Å²) in [6, 6.07) is -0.954. The summed E-state index contributed by atoms with van der Waals surface area (Å²) in [7, 11) is -16.1. The number of urea groups is 1. The molecule has 0 aliphatic carbocycles. The largest absolute Gasteiger partial charge is 0.756 e. The summed E-state index contributed by atoms with van der Waals surface area (Å²) in [6.45, 7) is -1.18. The van der Waals surface area contributed by atoms with E-state index in [1.54, 1.807) is 0 Å². The lowest BCUT2D eigenvalue weighted by Gasteiger charge is -2.26. The Kier molecular flexibility index (Phi) is 7.13. The normalized spacial score (nSPS) is 31.2. The second-order valence-electron chi connectivity index (χ2n) is 6.71. The lowest BCUT2D eigenvalue weighted by Crippen LogP contribution is -2.53. The standard InChI is InChI=1S/C11H16N5O15P3/c1-15-4-7(13-10(12)14-8(4)19)16(11(15)20)9-6(18)5(17)3(29-9)2-28-33(24,25)31-34(26,27)30-32(21,22)23/h3,5-6,9,17-18H,2H2,1H3,(H5-,12,14,19,21,22,23,24,25,26,27)/t3-,5-,6-,9-/m1/s1. The average Bonchev–Trinajstić information content (AvgIpc) is 3.04. The van der Waals surface area contributed by atoms with Crippen molar-refractivity contribution in [1.82, 2.24) is 10.2 Å².